The molecule has 0 atom stereocenters. The molecule has 0 spiro atoms. The van der Waals surface area contributed by atoms with Gasteiger partial charge in [0.1, 0.15) is 4.21 Å². The molecule has 0 bridgehead atoms. The standard InChI is InChI=1S/C9H12BrNO3S2/c1-2-9(12)5-11(6-9)16(13,14)8-4-3-7(10)15-8/h3-4,12H,2,5-6H2,1H3. The van der Waals surface area contributed by atoms with E-state index in [1.165, 1.54) is 15.6 Å². The molecular weight excluding hydrogens is 314 g/mol. The zero-order valence-electron chi connectivity index (χ0n) is 8.68. The van der Waals surface area contributed by atoms with Crippen LogP contribution in [-0.2, 0) is 10.0 Å². The molecule has 1 N–H and O–H groups in total. The Morgan fingerprint density at radius 2 is 2.19 bits per heavy atom. The highest BCUT2D eigenvalue weighted by Crippen LogP contribution is 2.34. The molecule has 0 saturated carbocycles. The molecule has 1 saturated heterocycles. The molecule has 1 aromatic rings. The van der Waals surface area contributed by atoms with E-state index in [0.717, 1.165) is 3.79 Å². The summed E-state index contributed by atoms with van der Waals surface area (Å²) in [6.07, 6.45) is 0.577. The highest BCUT2D eigenvalue weighted by Gasteiger charge is 2.46. The lowest BCUT2D eigenvalue weighted by molar-refractivity contribution is -0.0612. The van der Waals surface area contributed by atoms with Gasteiger partial charge in [0.05, 0.1) is 9.39 Å². The average molecular weight is 326 g/mol. The number of hydrogen-bond acceptors (Lipinski definition) is 4. The van der Waals surface area contributed by atoms with Gasteiger partial charge in [0.25, 0.3) is 10.0 Å². The predicted molar refractivity (Wildman–Crippen MR) is 66.0 cm³/mol. The first-order chi connectivity index (χ1) is 7.37. The molecule has 7 heteroatoms. The third kappa shape index (κ3) is 2.06. The number of β-amino-alcohol motifs (C(OH)–C–C–N with tert-alkyl or cyclic N) is 1. The van der Waals surface area contributed by atoms with Gasteiger partial charge in [0, 0.05) is 13.1 Å². The van der Waals surface area contributed by atoms with Gasteiger partial charge in [-0.3, -0.25) is 0 Å². The van der Waals surface area contributed by atoms with Crippen molar-refractivity contribution in [2.45, 2.75) is 23.2 Å². The van der Waals surface area contributed by atoms with Crippen molar-refractivity contribution in [2.24, 2.45) is 0 Å². The molecule has 90 valence electrons. The smallest absolute Gasteiger partial charge is 0.252 e. The summed E-state index contributed by atoms with van der Waals surface area (Å²) < 4.78 is 26.5. The van der Waals surface area contributed by atoms with Crippen LogP contribution in [0.15, 0.2) is 20.1 Å². The quantitative estimate of drug-likeness (QED) is 0.919. The van der Waals surface area contributed by atoms with Gasteiger partial charge in [0.15, 0.2) is 0 Å². The van der Waals surface area contributed by atoms with Crippen LogP contribution in [0.3, 0.4) is 0 Å². The van der Waals surface area contributed by atoms with Crippen LogP contribution >= 0.6 is 27.3 Å². The van der Waals surface area contributed by atoms with E-state index in [1.807, 2.05) is 6.92 Å². The predicted octanol–water partition coefficient (Wildman–Crippen LogP) is 1.66. The first-order valence-corrected chi connectivity index (χ1v) is 7.90. The summed E-state index contributed by atoms with van der Waals surface area (Å²) in [5.41, 5.74) is -0.832. The summed E-state index contributed by atoms with van der Waals surface area (Å²) in [6, 6.07) is 3.29. The van der Waals surface area contributed by atoms with E-state index in [0.29, 0.717) is 10.6 Å². The second-order valence-electron chi connectivity index (χ2n) is 3.91. The van der Waals surface area contributed by atoms with Gasteiger partial charge in [-0.05, 0) is 34.5 Å². The minimum atomic E-state index is -3.40. The Morgan fingerprint density at radius 1 is 1.56 bits per heavy atom. The number of nitrogens with zero attached hydrogens (tertiary/aromatic N) is 1. The van der Waals surface area contributed by atoms with Gasteiger partial charge in [-0.25, -0.2) is 8.42 Å². The topological polar surface area (TPSA) is 57.6 Å². The molecule has 1 aromatic heterocycles. The Hall–Kier alpha value is 0.0500. The Balaban J connectivity index is 2.17. The first-order valence-electron chi connectivity index (χ1n) is 4.85. The van der Waals surface area contributed by atoms with E-state index in [1.54, 1.807) is 12.1 Å². The molecule has 0 radical (unpaired) electrons. The minimum absolute atomic E-state index is 0.196. The highest BCUT2D eigenvalue weighted by atomic mass is 79.9. The molecule has 0 amide bonds. The fraction of sp³-hybridized carbons (Fsp3) is 0.556. The van der Waals surface area contributed by atoms with Crippen LogP contribution in [0.1, 0.15) is 13.3 Å². The Bertz CT molecular complexity index is 491. The number of rotatable bonds is 3. The van der Waals surface area contributed by atoms with Crippen LogP contribution in [0, 0.1) is 0 Å². The molecule has 2 heterocycles. The van der Waals surface area contributed by atoms with E-state index in [4.69, 9.17) is 0 Å². The molecule has 0 aliphatic carbocycles. The van der Waals surface area contributed by atoms with Crippen LogP contribution in [0.5, 0.6) is 0 Å². The van der Waals surface area contributed by atoms with Gasteiger partial charge in [-0.1, -0.05) is 6.92 Å². The van der Waals surface area contributed by atoms with Crippen molar-refractivity contribution < 1.29 is 13.5 Å². The largest absolute Gasteiger partial charge is 0.387 e. The number of aliphatic hydroxyl groups is 1. The third-order valence-electron chi connectivity index (χ3n) is 2.74. The van der Waals surface area contributed by atoms with Crippen LogP contribution in [0.2, 0.25) is 0 Å². The van der Waals surface area contributed by atoms with Gasteiger partial charge in [0.2, 0.25) is 0 Å². The molecule has 1 aliphatic rings. The van der Waals surface area contributed by atoms with Crippen LogP contribution in [0.4, 0.5) is 0 Å². The SMILES string of the molecule is CCC1(O)CN(S(=O)(=O)c2ccc(Br)s2)C1. The van der Waals surface area contributed by atoms with E-state index in [2.05, 4.69) is 15.9 Å². The molecule has 1 aliphatic heterocycles. The van der Waals surface area contributed by atoms with Gasteiger partial charge in [-0.2, -0.15) is 4.31 Å². The summed E-state index contributed by atoms with van der Waals surface area (Å²) >= 11 is 4.42. The van der Waals surface area contributed by atoms with Crippen LogP contribution in [0.25, 0.3) is 0 Å². The number of thiophene rings is 1. The van der Waals surface area contributed by atoms with Crippen molar-refractivity contribution >= 4 is 37.3 Å². The maximum Gasteiger partial charge on any atom is 0.252 e. The van der Waals surface area contributed by atoms with Crippen molar-refractivity contribution in [3.8, 4) is 0 Å². The Morgan fingerprint density at radius 3 is 2.62 bits per heavy atom. The number of hydrogen-bond donors (Lipinski definition) is 1. The lowest BCUT2D eigenvalue weighted by atomic mass is 9.94. The summed E-state index contributed by atoms with van der Waals surface area (Å²) in [6.45, 7) is 2.24. The molecule has 0 aromatic carbocycles. The second-order valence-corrected chi connectivity index (χ2v) is 8.54. The third-order valence-corrected chi connectivity index (χ3v) is 6.62. The van der Waals surface area contributed by atoms with E-state index in [9.17, 15) is 13.5 Å². The van der Waals surface area contributed by atoms with Crippen molar-refractivity contribution in [2.75, 3.05) is 13.1 Å². The lowest BCUT2D eigenvalue weighted by Crippen LogP contribution is -2.62. The zero-order valence-corrected chi connectivity index (χ0v) is 11.9. The van der Waals surface area contributed by atoms with Gasteiger partial charge in [-0.15, -0.1) is 11.3 Å². The summed E-state index contributed by atoms with van der Waals surface area (Å²) in [7, 11) is -3.40. The van der Waals surface area contributed by atoms with E-state index in [-0.39, 0.29) is 13.1 Å². The molecule has 4 nitrogen and oxygen atoms in total. The van der Waals surface area contributed by atoms with E-state index >= 15 is 0 Å². The Kier molecular flexibility index (Phi) is 3.17. The van der Waals surface area contributed by atoms with Crippen molar-refractivity contribution in [3.05, 3.63) is 15.9 Å². The van der Waals surface area contributed by atoms with Crippen molar-refractivity contribution in [1.82, 2.24) is 4.31 Å². The Labute approximate surface area is 107 Å². The molecule has 0 unspecified atom stereocenters. The number of halogens is 1. The number of sulfonamides is 1. The fourth-order valence-corrected chi connectivity index (χ4v) is 5.33. The molecule has 16 heavy (non-hydrogen) atoms. The van der Waals surface area contributed by atoms with Gasteiger partial charge >= 0.3 is 0 Å². The first kappa shape index (κ1) is 12.5. The van der Waals surface area contributed by atoms with Crippen LogP contribution in [-0.4, -0.2) is 36.5 Å². The molecular formula is C9H12BrNO3S2. The maximum absolute atomic E-state index is 12.0. The van der Waals surface area contributed by atoms with Crippen LogP contribution < -0.4 is 0 Å². The van der Waals surface area contributed by atoms with E-state index < -0.39 is 15.6 Å². The summed E-state index contributed by atoms with van der Waals surface area (Å²) in [5, 5.41) is 9.79. The molecule has 1 fully saturated rings. The van der Waals surface area contributed by atoms with Crippen molar-refractivity contribution in [3.63, 3.8) is 0 Å². The second kappa shape index (κ2) is 4.06. The monoisotopic (exact) mass is 325 g/mol. The maximum atomic E-state index is 12.0. The summed E-state index contributed by atoms with van der Waals surface area (Å²) in [5.74, 6) is 0. The van der Waals surface area contributed by atoms with Gasteiger partial charge < -0.3 is 5.11 Å². The lowest BCUT2D eigenvalue weighted by Gasteiger charge is -2.44. The highest BCUT2D eigenvalue weighted by molar-refractivity contribution is 9.11. The molecule has 2 rings (SSSR count). The fourth-order valence-electron chi connectivity index (χ4n) is 1.57. The zero-order chi connectivity index (χ0) is 12.0. The summed E-state index contributed by atoms with van der Waals surface area (Å²) in [4.78, 5) is 0. The average Bonchev–Trinajstić information content (AvgIpc) is 2.60. The minimum Gasteiger partial charge on any atom is -0.387 e. The normalized spacial score (nSPS) is 20.7. The van der Waals surface area contributed by atoms with Crippen molar-refractivity contribution in [1.29, 1.82) is 0 Å².